The number of aliphatic hydroxyl groups is 2. The number of rotatable bonds is 27. The van der Waals surface area contributed by atoms with E-state index in [4.69, 9.17) is 10.5 Å². The largest absolute Gasteiger partial charge is 0.790 e. The van der Waals surface area contributed by atoms with E-state index in [-0.39, 0.29) is 47.5 Å². The van der Waals surface area contributed by atoms with Crippen molar-refractivity contribution in [1.29, 1.82) is 0 Å². The van der Waals surface area contributed by atoms with Crippen molar-refractivity contribution in [1.82, 2.24) is 30.2 Å². The second kappa shape index (κ2) is 23.3. The van der Waals surface area contributed by atoms with Gasteiger partial charge in [0.05, 0.1) is 27.4 Å². The zero-order chi connectivity index (χ0) is 44.9. The third-order valence-corrected chi connectivity index (χ3v) is 13.2. The van der Waals surface area contributed by atoms with E-state index >= 15 is 0 Å². The van der Waals surface area contributed by atoms with Crippen molar-refractivity contribution in [2.24, 2.45) is 11.3 Å². The number of thioether (sulfide) groups is 1. The molecule has 0 aromatic carbocycles. The Labute approximate surface area is 350 Å². The highest BCUT2D eigenvalue weighted by Crippen LogP contribution is 2.56. The van der Waals surface area contributed by atoms with Crippen molar-refractivity contribution < 1.29 is 80.5 Å². The molecular formula is C32H52N7O17P3S-4. The van der Waals surface area contributed by atoms with Gasteiger partial charge in [0.15, 0.2) is 22.8 Å². The lowest BCUT2D eigenvalue weighted by Crippen LogP contribution is -2.46. The van der Waals surface area contributed by atoms with Gasteiger partial charge in [-0.15, -0.1) is 0 Å². The van der Waals surface area contributed by atoms with E-state index in [0.717, 1.165) is 54.7 Å². The lowest BCUT2D eigenvalue weighted by Gasteiger charge is -2.36. The molecule has 1 saturated heterocycles. The van der Waals surface area contributed by atoms with Crippen LogP contribution < -0.4 is 35.9 Å². The van der Waals surface area contributed by atoms with Crippen LogP contribution in [0.25, 0.3) is 11.2 Å². The third-order valence-electron chi connectivity index (χ3n) is 9.11. The van der Waals surface area contributed by atoms with Crippen molar-refractivity contribution in [3.63, 3.8) is 0 Å². The van der Waals surface area contributed by atoms with E-state index in [1.807, 2.05) is 6.92 Å². The first-order valence-corrected chi connectivity index (χ1v) is 24.3. The fourth-order valence-electron chi connectivity index (χ4n) is 5.75. The standard InChI is InChI=1S/C32H56N7O17P3S/c1-5-6-7-8-9-10-11-20(2)31(44)60-15-14-34-22(40)12-13-35-29(43)26(42)32(3,4)17-53-59(50,51)56-58(48,49)52-16-21-25(55-57(45,46)47)24(41)30(54-21)39-19-38-23-27(33)36-18-37-28(23)39/h18-21,24-26,30,41-42H,5-17H2,1-4H3,(H,34,40)(H,35,43)(H,48,49)(H,50,51)(H2,33,36,37)(H2,45,46,47)/p-4/t20-,21?,24?,25?,26?,30?/m1/s1. The van der Waals surface area contributed by atoms with Gasteiger partial charge in [0.2, 0.25) is 11.8 Å². The Bertz CT molecular complexity index is 1890. The van der Waals surface area contributed by atoms with Crippen molar-refractivity contribution in [3.05, 3.63) is 12.7 Å². The zero-order valence-corrected chi connectivity index (χ0v) is 36.9. The van der Waals surface area contributed by atoms with Crippen molar-refractivity contribution in [2.75, 3.05) is 37.8 Å². The second-order valence-electron chi connectivity index (χ2n) is 14.6. The first-order chi connectivity index (χ1) is 28.0. The maximum Gasteiger partial charge on any atom is 0.274 e. The average molecular weight is 932 g/mol. The van der Waals surface area contributed by atoms with Crippen LogP contribution in [-0.2, 0) is 50.7 Å². The number of ether oxygens (including phenoxy) is 1. The number of fused-ring (bicyclic) bond motifs is 1. The molecule has 8 atom stereocenters. The Hall–Kier alpha value is -2.44. The summed E-state index contributed by atoms with van der Waals surface area (Å²) in [7, 11) is -17.6. The molecule has 24 nitrogen and oxygen atoms in total. The summed E-state index contributed by atoms with van der Waals surface area (Å²) in [4.78, 5) is 96.7. The molecule has 1 aliphatic rings. The predicted octanol–water partition coefficient (Wildman–Crippen LogP) is -0.477. The predicted molar refractivity (Wildman–Crippen MR) is 205 cm³/mol. The van der Waals surface area contributed by atoms with Crippen molar-refractivity contribution in [2.45, 2.75) is 110 Å². The molecule has 6 N–H and O–H groups in total. The number of hydrogen-bond donors (Lipinski definition) is 5. The molecular weight excluding hydrogens is 879 g/mol. The van der Waals surface area contributed by atoms with E-state index in [9.17, 15) is 57.9 Å². The number of phosphoric ester groups is 3. The van der Waals surface area contributed by atoms with Gasteiger partial charge in [0.25, 0.3) is 15.6 Å². The number of aliphatic hydroxyl groups excluding tert-OH is 2. The Kier molecular flexibility index (Phi) is 20.2. The van der Waals surface area contributed by atoms with Gasteiger partial charge >= 0.3 is 0 Å². The molecule has 0 radical (unpaired) electrons. The maximum absolute atomic E-state index is 12.6. The summed E-state index contributed by atoms with van der Waals surface area (Å²) >= 11 is 1.14. The summed E-state index contributed by atoms with van der Waals surface area (Å²) in [6.45, 7) is 4.20. The Morgan fingerprint density at radius 3 is 2.37 bits per heavy atom. The van der Waals surface area contributed by atoms with E-state index in [1.54, 1.807) is 0 Å². The van der Waals surface area contributed by atoms with Crippen LogP contribution in [0.2, 0.25) is 0 Å². The first-order valence-electron chi connectivity index (χ1n) is 19.0. The SMILES string of the molecule is CCCCCCCC[C@@H](C)C(=O)SCCNC(=O)CCNC(=O)C(O)C(C)(C)COP(=O)([O-])OP(=O)([O-])OCC1OC(n2cnc3c(N)ncnc32)C(O)C1OP(=O)([O-])[O-]. The smallest absolute Gasteiger partial charge is 0.274 e. The quantitative estimate of drug-likeness (QED) is 0.0558. The van der Waals surface area contributed by atoms with Gasteiger partial charge in [-0.3, -0.25) is 28.1 Å². The van der Waals surface area contributed by atoms with Gasteiger partial charge in [-0.2, -0.15) is 0 Å². The van der Waals surface area contributed by atoms with Crippen LogP contribution in [0.3, 0.4) is 0 Å². The number of anilines is 1. The molecule has 1 aliphatic heterocycles. The molecule has 0 bridgehead atoms. The third kappa shape index (κ3) is 16.7. The number of carbonyl (C=O) groups is 3. The van der Waals surface area contributed by atoms with Gasteiger partial charge in [0.1, 0.15) is 36.3 Å². The number of unbranched alkanes of at least 4 members (excludes halogenated alkanes) is 5. The lowest BCUT2D eigenvalue weighted by molar-refractivity contribution is -0.347. The Morgan fingerprint density at radius 1 is 1.02 bits per heavy atom. The van der Waals surface area contributed by atoms with Gasteiger partial charge < -0.3 is 69.0 Å². The van der Waals surface area contributed by atoms with Gasteiger partial charge in [-0.05, 0) is 6.42 Å². The summed E-state index contributed by atoms with van der Waals surface area (Å²) in [5.41, 5.74) is 4.08. The number of hydrogen-bond acceptors (Lipinski definition) is 22. The Morgan fingerprint density at radius 2 is 1.68 bits per heavy atom. The molecule has 60 heavy (non-hydrogen) atoms. The number of carbonyl (C=O) groups excluding carboxylic acids is 3. The topological polar surface area (TPSA) is 375 Å². The summed E-state index contributed by atoms with van der Waals surface area (Å²) in [6, 6.07) is 0. The molecule has 1 fully saturated rings. The van der Waals surface area contributed by atoms with Crippen molar-refractivity contribution in [3.8, 4) is 0 Å². The fourth-order valence-corrected chi connectivity index (χ4v) is 9.29. The molecule has 28 heteroatoms. The minimum absolute atomic E-state index is 0.0192. The highest BCUT2D eigenvalue weighted by atomic mass is 32.2. The second-order valence-corrected chi connectivity index (χ2v) is 19.8. The number of nitrogens with two attached hydrogens (primary N) is 1. The van der Waals surface area contributed by atoms with Gasteiger partial charge in [-0.25, -0.2) is 19.3 Å². The number of amides is 2. The van der Waals surface area contributed by atoms with Gasteiger partial charge in [-0.1, -0.05) is 78.0 Å². The van der Waals surface area contributed by atoms with Crippen LogP contribution in [-0.4, -0.2) is 103 Å². The van der Waals surface area contributed by atoms with Crippen LogP contribution in [0, 0.1) is 11.3 Å². The molecule has 342 valence electrons. The molecule has 0 saturated carbocycles. The number of nitrogen functional groups attached to an aromatic ring is 1. The Balaban J connectivity index is 1.42. The molecule has 7 unspecified atom stereocenters. The van der Waals surface area contributed by atoms with Crippen LogP contribution in [0.15, 0.2) is 12.7 Å². The molecule has 0 aliphatic carbocycles. The summed E-state index contributed by atoms with van der Waals surface area (Å²) in [5.74, 6) is -1.23. The van der Waals surface area contributed by atoms with Crippen LogP contribution in [0.1, 0.15) is 85.3 Å². The van der Waals surface area contributed by atoms with Crippen LogP contribution >= 0.6 is 35.2 Å². The average Bonchev–Trinajstić information content (AvgIpc) is 3.72. The molecule has 2 amide bonds. The van der Waals surface area contributed by atoms with Crippen LogP contribution in [0.4, 0.5) is 5.82 Å². The number of imidazole rings is 1. The minimum atomic E-state index is -5.91. The first kappa shape index (κ1) is 51.9. The summed E-state index contributed by atoms with van der Waals surface area (Å²) < 4.78 is 60.7. The van der Waals surface area contributed by atoms with E-state index in [1.165, 1.54) is 33.1 Å². The molecule has 2 aromatic rings. The maximum atomic E-state index is 12.6. The molecule has 2 aromatic heterocycles. The van der Waals surface area contributed by atoms with Crippen molar-refractivity contribution >= 4 is 69.1 Å². The van der Waals surface area contributed by atoms with Crippen LogP contribution in [0.5, 0.6) is 0 Å². The van der Waals surface area contributed by atoms with Gasteiger partial charge in [0, 0.05) is 36.6 Å². The minimum Gasteiger partial charge on any atom is -0.790 e. The number of phosphoric acid groups is 3. The normalized spacial score (nSPS) is 21.6. The monoisotopic (exact) mass is 931 g/mol. The number of aromatic nitrogens is 4. The molecule has 3 rings (SSSR count). The highest BCUT2D eigenvalue weighted by molar-refractivity contribution is 8.13. The number of nitrogens with one attached hydrogen (secondary N) is 2. The number of nitrogens with zero attached hydrogens (tertiary/aromatic N) is 4. The van der Waals surface area contributed by atoms with E-state index < -0.39 is 84.6 Å². The summed E-state index contributed by atoms with van der Waals surface area (Å²) in [6.07, 6.45) is 0.0853. The van der Waals surface area contributed by atoms with E-state index in [2.05, 4.69) is 50.4 Å². The zero-order valence-electron chi connectivity index (χ0n) is 33.4. The molecule has 3 heterocycles. The molecule has 0 spiro atoms. The fraction of sp³-hybridized carbons (Fsp3) is 0.750. The van der Waals surface area contributed by atoms with E-state index in [0.29, 0.717) is 5.75 Å². The summed E-state index contributed by atoms with van der Waals surface area (Å²) in [5, 5.41) is 26.4. The lowest BCUT2D eigenvalue weighted by atomic mass is 9.87. The highest BCUT2D eigenvalue weighted by Gasteiger charge is 2.47.